The summed E-state index contributed by atoms with van der Waals surface area (Å²) in [6.07, 6.45) is -0.832. The van der Waals surface area contributed by atoms with Crippen molar-refractivity contribution in [3.05, 3.63) is 120 Å². The van der Waals surface area contributed by atoms with Gasteiger partial charge < -0.3 is 10.1 Å². The number of aryl methyl sites for hydroxylation is 1. The number of hydrazine groups is 1. The van der Waals surface area contributed by atoms with E-state index < -0.39 is 17.9 Å². The topological polar surface area (TPSA) is 96.5 Å². The van der Waals surface area contributed by atoms with Gasteiger partial charge in [0, 0.05) is 16.8 Å². The minimum Gasteiger partial charge on any atom is -0.481 e. The predicted octanol–water partition coefficient (Wildman–Crippen LogP) is 5.14. The van der Waals surface area contributed by atoms with Crippen LogP contribution in [0.25, 0.3) is 11.1 Å². The Morgan fingerprint density at radius 2 is 1.30 bits per heavy atom. The number of nitrogens with one attached hydrogen (secondary N) is 3. The molecule has 0 aliphatic carbocycles. The fourth-order valence-corrected chi connectivity index (χ4v) is 3.64. The number of ether oxygens (including phenoxy) is 1. The largest absolute Gasteiger partial charge is 0.481 e. The summed E-state index contributed by atoms with van der Waals surface area (Å²) in [5.41, 5.74) is 9.21. The van der Waals surface area contributed by atoms with Crippen LogP contribution in [0.2, 0.25) is 0 Å². The Labute approximate surface area is 215 Å². The molecule has 7 heteroatoms. The molecule has 37 heavy (non-hydrogen) atoms. The monoisotopic (exact) mass is 493 g/mol. The van der Waals surface area contributed by atoms with E-state index in [0.717, 1.165) is 16.7 Å². The SMILES string of the molecule is Cc1ccccc1C(=O)Nc1ccc(C(=O)NNC(=O)C(C)Oc2ccc(-c3ccccc3)cc2)cc1. The molecule has 0 spiro atoms. The van der Waals surface area contributed by atoms with Gasteiger partial charge in [0.05, 0.1) is 0 Å². The summed E-state index contributed by atoms with van der Waals surface area (Å²) in [5.74, 6) is -0.685. The van der Waals surface area contributed by atoms with Gasteiger partial charge in [-0.05, 0) is 73.0 Å². The Balaban J connectivity index is 1.26. The van der Waals surface area contributed by atoms with Crippen molar-refractivity contribution in [2.24, 2.45) is 0 Å². The van der Waals surface area contributed by atoms with Crippen LogP contribution in [0.3, 0.4) is 0 Å². The van der Waals surface area contributed by atoms with Crippen molar-refractivity contribution >= 4 is 23.4 Å². The maximum Gasteiger partial charge on any atom is 0.279 e. The van der Waals surface area contributed by atoms with Gasteiger partial charge in [-0.1, -0.05) is 60.7 Å². The van der Waals surface area contributed by atoms with Crippen LogP contribution in [-0.2, 0) is 4.79 Å². The third kappa shape index (κ3) is 6.61. The first kappa shape index (κ1) is 25.2. The van der Waals surface area contributed by atoms with Gasteiger partial charge in [-0.2, -0.15) is 0 Å². The number of carbonyl (C=O) groups is 3. The molecule has 186 valence electrons. The summed E-state index contributed by atoms with van der Waals surface area (Å²) in [5, 5.41) is 2.81. The zero-order valence-electron chi connectivity index (χ0n) is 20.5. The fraction of sp³-hybridized carbons (Fsp3) is 0.100. The van der Waals surface area contributed by atoms with E-state index in [-0.39, 0.29) is 5.91 Å². The van der Waals surface area contributed by atoms with Crippen LogP contribution in [-0.4, -0.2) is 23.8 Å². The maximum absolute atomic E-state index is 12.5. The van der Waals surface area contributed by atoms with Crippen LogP contribution in [0.4, 0.5) is 5.69 Å². The molecule has 0 aliphatic rings. The highest BCUT2D eigenvalue weighted by Gasteiger charge is 2.16. The molecule has 0 aliphatic heterocycles. The highest BCUT2D eigenvalue weighted by Crippen LogP contribution is 2.22. The zero-order chi connectivity index (χ0) is 26.2. The predicted molar refractivity (Wildman–Crippen MR) is 143 cm³/mol. The number of amides is 3. The zero-order valence-corrected chi connectivity index (χ0v) is 20.5. The molecular weight excluding hydrogens is 466 g/mol. The van der Waals surface area contributed by atoms with Crippen LogP contribution >= 0.6 is 0 Å². The lowest BCUT2D eigenvalue weighted by molar-refractivity contribution is -0.128. The highest BCUT2D eigenvalue weighted by atomic mass is 16.5. The van der Waals surface area contributed by atoms with E-state index in [1.54, 1.807) is 55.5 Å². The first-order valence-electron chi connectivity index (χ1n) is 11.8. The van der Waals surface area contributed by atoms with Crippen molar-refractivity contribution in [1.82, 2.24) is 10.9 Å². The lowest BCUT2D eigenvalue weighted by Crippen LogP contribution is -2.47. The maximum atomic E-state index is 12.5. The molecule has 0 fully saturated rings. The average Bonchev–Trinajstić information content (AvgIpc) is 2.93. The summed E-state index contributed by atoms with van der Waals surface area (Å²) in [4.78, 5) is 37.3. The van der Waals surface area contributed by atoms with Gasteiger partial charge in [0.1, 0.15) is 5.75 Å². The number of hydrogen-bond acceptors (Lipinski definition) is 4. The van der Waals surface area contributed by atoms with E-state index in [4.69, 9.17) is 4.74 Å². The smallest absolute Gasteiger partial charge is 0.279 e. The molecule has 3 N–H and O–H groups in total. The number of benzene rings is 4. The van der Waals surface area contributed by atoms with Crippen LogP contribution in [0, 0.1) is 6.92 Å². The van der Waals surface area contributed by atoms with Crippen molar-refractivity contribution < 1.29 is 19.1 Å². The second kappa shape index (κ2) is 11.7. The molecule has 1 unspecified atom stereocenters. The molecule has 4 aromatic carbocycles. The van der Waals surface area contributed by atoms with E-state index in [1.807, 2.05) is 61.5 Å². The summed E-state index contributed by atoms with van der Waals surface area (Å²) < 4.78 is 5.70. The lowest BCUT2D eigenvalue weighted by atomic mass is 10.1. The van der Waals surface area contributed by atoms with Gasteiger partial charge in [-0.25, -0.2) is 0 Å². The molecule has 0 saturated carbocycles. The van der Waals surface area contributed by atoms with Crippen molar-refractivity contribution in [3.8, 4) is 16.9 Å². The van der Waals surface area contributed by atoms with Crippen molar-refractivity contribution in [1.29, 1.82) is 0 Å². The molecule has 7 nitrogen and oxygen atoms in total. The first-order valence-corrected chi connectivity index (χ1v) is 11.8. The molecule has 3 amide bonds. The number of hydrogen-bond donors (Lipinski definition) is 3. The second-order valence-electron chi connectivity index (χ2n) is 8.44. The van der Waals surface area contributed by atoms with Gasteiger partial charge in [0.2, 0.25) is 0 Å². The Kier molecular flexibility index (Phi) is 7.95. The molecule has 0 saturated heterocycles. The third-order valence-corrected chi connectivity index (χ3v) is 5.74. The number of anilines is 1. The molecule has 0 radical (unpaired) electrons. The molecule has 4 aromatic rings. The van der Waals surface area contributed by atoms with Crippen LogP contribution in [0.15, 0.2) is 103 Å². The van der Waals surface area contributed by atoms with Crippen molar-refractivity contribution in [3.63, 3.8) is 0 Å². The van der Waals surface area contributed by atoms with E-state index in [9.17, 15) is 14.4 Å². The van der Waals surface area contributed by atoms with Gasteiger partial charge in [0.25, 0.3) is 17.7 Å². The van der Waals surface area contributed by atoms with Crippen LogP contribution in [0.5, 0.6) is 5.75 Å². The molecule has 1 atom stereocenters. The number of rotatable bonds is 7. The first-order chi connectivity index (χ1) is 17.9. The van der Waals surface area contributed by atoms with Gasteiger partial charge in [-0.15, -0.1) is 0 Å². The summed E-state index contributed by atoms with van der Waals surface area (Å²) >= 11 is 0. The van der Waals surface area contributed by atoms with Gasteiger partial charge in [0.15, 0.2) is 6.10 Å². The average molecular weight is 494 g/mol. The summed E-state index contributed by atoms with van der Waals surface area (Å²) in [6, 6.07) is 31.0. The Hall–Kier alpha value is -4.91. The standard InChI is InChI=1S/C30H27N3O4/c1-20-8-6-7-11-27(20)30(36)31-25-16-12-24(13-17-25)29(35)33-32-28(34)21(2)37-26-18-14-23(15-19-26)22-9-4-3-5-10-22/h3-19,21H,1-2H3,(H,31,36)(H,32,34)(H,33,35). The lowest BCUT2D eigenvalue weighted by Gasteiger charge is -2.15. The van der Waals surface area contributed by atoms with Crippen LogP contribution < -0.4 is 20.9 Å². The molecule has 4 rings (SSSR count). The molecule has 0 aromatic heterocycles. The molecule has 0 heterocycles. The Morgan fingerprint density at radius 1 is 0.676 bits per heavy atom. The summed E-state index contributed by atoms with van der Waals surface area (Å²) in [6.45, 7) is 3.46. The van der Waals surface area contributed by atoms with E-state index >= 15 is 0 Å². The minimum absolute atomic E-state index is 0.230. The molecular formula is C30H27N3O4. The van der Waals surface area contributed by atoms with Crippen LogP contribution in [0.1, 0.15) is 33.2 Å². The van der Waals surface area contributed by atoms with Gasteiger partial charge in [-0.3, -0.25) is 25.2 Å². The Bertz CT molecular complexity index is 1380. The summed E-state index contributed by atoms with van der Waals surface area (Å²) in [7, 11) is 0. The second-order valence-corrected chi connectivity index (χ2v) is 8.44. The Morgan fingerprint density at radius 3 is 1.97 bits per heavy atom. The quantitative estimate of drug-likeness (QED) is 0.311. The van der Waals surface area contributed by atoms with E-state index in [0.29, 0.717) is 22.6 Å². The minimum atomic E-state index is -0.832. The van der Waals surface area contributed by atoms with E-state index in [2.05, 4.69) is 16.2 Å². The van der Waals surface area contributed by atoms with Crippen molar-refractivity contribution in [2.45, 2.75) is 20.0 Å². The van der Waals surface area contributed by atoms with E-state index in [1.165, 1.54) is 0 Å². The molecule has 0 bridgehead atoms. The van der Waals surface area contributed by atoms with Gasteiger partial charge >= 0.3 is 0 Å². The fourth-order valence-electron chi connectivity index (χ4n) is 3.64. The highest BCUT2D eigenvalue weighted by molar-refractivity contribution is 6.05. The number of carbonyl (C=O) groups excluding carboxylic acids is 3. The third-order valence-electron chi connectivity index (χ3n) is 5.74. The van der Waals surface area contributed by atoms with Crippen molar-refractivity contribution in [2.75, 3.05) is 5.32 Å². The normalized spacial score (nSPS) is 11.2.